The molecule has 0 radical (unpaired) electrons. The van der Waals surface area contributed by atoms with E-state index in [4.69, 9.17) is 9.84 Å². The predicted molar refractivity (Wildman–Crippen MR) is 117 cm³/mol. The molecule has 1 saturated carbocycles. The molecule has 7 heteroatoms. The molecule has 1 saturated heterocycles. The van der Waals surface area contributed by atoms with Crippen molar-refractivity contribution in [3.8, 4) is 11.1 Å². The van der Waals surface area contributed by atoms with Gasteiger partial charge >= 0.3 is 12.1 Å². The molecule has 5 rings (SSSR count). The maximum atomic E-state index is 13.1. The Labute approximate surface area is 186 Å². The molecule has 2 aromatic carbocycles. The fraction of sp³-hybridized carbons (Fsp3) is 0.400. The summed E-state index contributed by atoms with van der Waals surface area (Å²) >= 11 is 0. The normalized spacial score (nSPS) is 19.3. The van der Waals surface area contributed by atoms with Gasteiger partial charge in [-0.1, -0.05) is 48.5 Å². The van der Waals surface area contributed by atoms with Crippen molar-refractivity contribution in [2.75, 3.05) is 19.7 Å². The van der Waals surface area contributed by atoms with Crippen LogP contribution in [0.15, 0.2) is 48.5 Å². The number of carboxylic acids is 1. The van der Waals surface area contributed by atoms with Crippen LogP contribution in [0, 0.1) is 11.8 Å². The Balaban J connectivity index is 1.26. The van der Waals surface area contributed by atoms with Gasteiger partial charge in [-0.05, 0) is 47.9 Å². The number of alkyl carbamates (subject to hydrolysis) is 1. The van der Waals surface area contributed by atoms with E-state index in [2.05, 4.69) is 29.6 Å². The van der Waals surface area contributed by atoms with E-state index in [1.54, 1.807) is 6.92 Å². The number of nitrogens with zero attached hydrogens (tertiary/aromatic N) is 1. The number of benzene rings is 2. The summed E-state index contributed by atoms with van der Waals surface area (Å²) in [6, 6.07) is 16.2. The summed E-state index contributed by atoms with van der Waals surface area (Å²) in [7, 11) is 0. The van der Waals surface area contributed by atoms with E-state index in [0.717, 1.165) is 35.1 Å². The first-order valence-corrected chi connectivity index (χ1v) is 11.0. The number of fused-ring (bicyclic) bond motifs is 3. The highest BCUT2D eigenvalue weighted by molar-refractivity contribution is 5.92. The maximum absolute atomic E-state index is 13.1. The molecule has 2 aliphatic carbocycles. The van der Waals surface area contributed by atoms with Crippen molar-refractivity contribution in [2.24, 2.45) is 11.8 Å². The van der Waals surface area contributed by atoms with Gasteiger partial charge in [-0.3, -0.25) is 9.59 Å². The summed E-state index contributed by atoms with van der Waals surface area (Å²) < 4.78 is 5.64. The highest BCUT2D eigenvalue weighted by Gasteiger charge is 2.52. The lowest BCUT2D eigenvalue weighted by Crippen LogP contribution is -2.65. The fourth-order valence-electron chi connectivity index (χ4n) is 4.97. The lowest BCUT2D eigenvalue weighted by Gasteiger charge is -2.42. The van der Waals surface area contributed by atoms with Gasteiger partial charge in [-0.2, -0.15) is 0 Å². The number of carbonyl (C=O) groups excluding carboxylic acids is 2. The molecule has 1 unspecified atom stereocenters. The first-order valence-electron chi connectivity index (χ1n) is 11.0. The van der Waals surface area contributed by atoms with E-state index in [9.17, 15) is 14.4 Å². The van der Waals surface area contributed by atoms with E-state index >= 15 is 0 Å². The molecular formula is C25H26N2O5. The molecule has 1 atom stereocenters. The van der Waals surface area contributed by atoms with Gasteiger partial charge in [0.1, 0.15) is 12.1 Å². The molecule has 2 amide bonds. The number of carboxylic acid groups (broad SMARTS) is 1. The van der Waals surface area contributed by atoms with E-state index in [0.29, 0.717) is 0 Å². The number of aliphatic carboxylic acids is 1. The van der Waals surface area contributed by atoms with Crippen molar-refractivity contribution in [1.82, 2.24) is 10.2 Å². The van der Waals surface area contributed by atoms with Crippen molar-refractivity contribution in [3.63, 3.8) is 0 Å². The van der Waals surface area contributed by atoms with Crippen molar-refractivity contribution in [2.45, 2.75) is 31.2 Å². The maximum Gasteiger partial charge on any atom is 0.408 e. The van der Waals surface area contributed by atoms with E-state index in [1.807, 2.05) is 24.3 Å². The van der Waals surface area contributed by atoms with Crippen molar-refractivity contribution in [1.29, 1.82) is 0 Å². The average molecular weight is 434 g/mol. The second-order valence-corrected chi connectivity index (χ2v) is 9.17. The third kappa shape index (κ3) is 3.42. The molecule has 2 aromatic rings. The van der Waals surface area contributed by atoms with Crippen LogP contribution in [0.25, 0.3) is 11.1 Å². The number of hydrogen-bond donors (Lipinski definition) is 2. The Bertz CT molecular complexity index is 1040. The van der Waals surface area contributed by atoms with E-state index < -0.39 is 23.5 Å². The molecule has 0 spiro atoms. The first-order chi connectivity index (χ1) is 15.4. The Morgan fingerprint density at radius 2 is 1.59 bits per heavy atom. The van der Waals surface area contributed by atoms with Crippen LogP contribution in [-0.4, -0.2) is 53.2 Å². The molecule has 0 aromatic heterocycles. The molecule has 0 bridgehead atoms. The number of nitrogens with one attached hydrogen (secondary N) is 1. The lowest BCUT2D eigenvalue weighted by molar-refractivity contribution is -0.156. The summed E-state index contributed by atoms with van der Waals surface area (Å²) in [4.78, 5) is 38.5. The van der Waals surface area contributed by atoms with E-state index in [1.165, 1.54) is 4.90 Å². The Morgan fingerprint density at radius 1 is 1.03 bits per heavy atom. The monoisotopic (exact) mass is 434 g/mol. The minimum absolute atomic E-state index is 0.0411. The van der Waals surface area contributed by atoms with Crippen LogP contribution >= 0.6 is 0 Å². The van der Waals surface area contributed by atoms with Crippen LogP contribution in [-0.2, 0) is 14.3 Å². The van der Waals surface area contributed by atoms with Crippen molar-refractivity contribution < 1.29 is 24.2 Å². The largest absolute Gasteiger partial charge is 0.481 e. The third-order valence-corrected chi connectivity index (χ3v) is 7.06. The highest BCUT2D eigenvalue weighted by Crippen LogP contribution is 2.45. The van der Waals surface area contributed by atoms with Crippen LogP contribution in [0.2, 0.25) is 0 Å². The number of likely N-dealkylation sites (tertiary alicyclic amines) is 1. The van der Waals surface area contributed by atoms with Gasteiger partial charge in [0.05, 0.1) is 5.92 Å². The lowest BCUT2D eigenvalue weighted by atomic mass is 9.90. The SMILES string of the molecule is CC(NC(=O)OCC1c2ccccc2-c2ccccc21)(C(=O)N1CC(C(=O)O)C1)C1CC1. The van der Waals surface area contributed by atoms with Crippen molar-refractivity contribution >= 4 is 18.0 Å². The van der Waals surface area contributed by atoms with Gasteiger partial charge in [-0.25, -0.2) is 4.79 Å². The van der Waals surface area contributed by atoms with Gasteiger partial charge in [-0.15, -0.1) is 0 Å². The topological polar surface area (TPSA) is 95.9 Å². The van der Waals surface area contributed by atoms with Gasteiger partial charge < -0.3 is 20.1 Å². The Morgan fingerprint density at radius 3 is 2.12 bits per heavy atom. The summed E-state index contributed by atoms with van der Waals surface area (Å²) in [5.74, 6) is -1.67. The van der Waals surface area contributed by atoms with Crippen LogP contribution in [0.3, 0.4) is 0 Å². The van der Waals surface area contributed by atoms with Crippen LogP contribution in [0.5, 0.6) is 0 Å². The molecule has 32 heavy (non-hydrogen) atoms. The zero-order valence-electron chi connectivity index (χ0n) is 17.9. The van der Waals surface area contributed by atoms with Crippen molar-refractivity contribution in [3.05, 3.63) is 59.7 Å². The molecule has 2 N–H and O–H groups in total. The quantitative estimate of drug-likeness (QED) is 0.728. The predicted octanol–water partition coefficient (Wildman–Crippen LogP) is 3.24. The highest BCUT2D eigenvalue weighted by atomic mass is 16.5. The van der Waals surface area contributed by atoms with Gasteiger partial charge in [0.15, 0.2) is 0 Å². The van der Waals surface area contributed by atoms with Gasteiger partial charge in [0.2, 0.25) is 5.91 Å². The van der Waals surface area contributed by atoms with Gasteiger partial charge in [0, 0.05) is 19.0 Å². The van der Waals surface area contributed by atoms with Crippen LogP contribution in [0.4, 0.5) is 4.79 Å². The summed E-state index contributed by atoms with van der Waals surface area (Å²) in [5.41, 5.74) is 3.49. The van der Waals surface area contributed by atoms with E-state index in [-0.39, 0.29) is 37.4 Å². The zero-order chi connectivity index (χ0) is 22.5. The number of ether oxygens (including phenoxy) is 1. The Kier molecular flexibility index (Phi) is 4.92. The van der Waals surface area contributed by atoms with Gasteiger partial charge in [0.25, 0.3) is 0 Å². The molecule has 3 aliphatic rings. The summed E-state index contributed by atoms with van der Waals surface area (Å²) in [6.45, 7) is 2.27. The smallest absolute Gasteiger partial charge is 0.408 e. The number of rotatable bonds is 6. The number of carbonyl (C=O) groups is 3. The third-order valence-electron chi connectivity index (χ3n) is 7.06. The second kappa shape index (κ2) is 7.65. The minimum atomic E-state index is -1.08. The minimum Gasteiger partial charge on any atom is -0.481 e. The number of hydrogen-bond acceptors (Lipinski definition) is 4. The average Bonchev–Trinajstić information content (AvgIpc) is 3.55. The second-order valence-electron chi connectivity index (χ2n) is 9.17. The standard InChI is InChI=1S/C25H26N2O5/c1-25(16-10-11-16,23(30)27-12-15(13-27)22(28)29)26-24(31)32-14-21-19-8-4-2-6-17(19)18-7-3-5-9-20(18)21/h2-9,15-16,21H,10-14H2,1H3,(H,26,31)(H,28,29). The summed E-state index contributed by atoms with van der Waals surface area (Å²) in [5, 5.41) is 11.9. The first kappa shape index (κ1) is 20.5. The fourth-order valence-corrected chi connectivity index (χ4v) is 4.97. The number of amides is 2. The molecule has 2 fully saturated rings. The molecular weight excluding hydrogens is 408 g/mol. The Hall–Kier alpha value is -3.35. The zero-order valence-corrected chi connectivity index (χ0v) is 17.9. The molecule has 1 heterocycles. The van der Waals surface area contributed by atoms with Crippen LogP contribution in [0.1, 0.15) is 36.8 Å². The molecule has 1 aliphatic heterocycles. The summed E-state index contributed by atoms with van der Waals surface area (Å²) in [6.07, 6.45) is 1.08. The van der Waals surface area contributed by atoms with Crippen LogP contribution < -0.4 is 5.32 Å². The molecule has 166 valence electrons. The molecule has 7 nitrogen and oxygen atoms in total.